The minimum Gasteiger partial charge on any atom is -0.462 e. The van der Waals surface area contributed by atoms with E-state index in [0.29, 0.717) is 19.4 Å². The van der Waals surface area contributed by atoms with Gasteiger partial charge in [0.15, 0.2) is 6.10 Å². The van der Waals surface area contributed by atoms with Crippen LogP contribution in [0.25, 0.3) is 0 Å². The summed E-state index contributed by atoms with van der Waals surface area (Å²) < 4.78 is 17.4. The van der Waals surface area contributed by atoms with Gasteiger partial charge in [0, 0.05) is 19.4 Å². The first-order valence-corrected chi connectivity index (χ1v) is 25.5. The third-order valence-corrected chi connectivity index (χ3v) is 10.7. The Morgan fingerprint density at radius 2 is 0.783 bits per heavy atom. The quantitative estimate of drug-likeness (QED) is 0.0347. The average Bonchev–Trinajstić information content (AvgIpc) is 3.25. The Morgan fingerprint density at radius 3 is 1.28 bits per heavy atom. The Morgan fingerprint density at radius 1 is 0.383 bits per heavy atom. The lowest BCUT2D eigenvalue weighted by atomic mass is 10.1. The third-order valence-electron chi connectivity index (χ3n) is 10.7. The summed E-state index contributed by atoms with van der Waals surface area (Å²) >= 11 is 0. The van der Waals surface area contributed by atoms with E-state index in [1.807, 2.05) is 0 Å². The van der Waals surface area contributed by atoms with Crippen LogP contribution in [0.3, 0.4) is 0 Å². The van der Waals surface area contributed by atoms with Gasteiger partial charge < -0.3 is 14.2 Å². The second-order valence-electron chi connectivity index (χ2n) is 16.7. The van der Waals surface area contributed by atoms with Crippen LogP contribution >= 0.6 is 0 Å². The van der Waals surface area contributed by atoms with Crippen molar-refractivity contribution in [3.8, 4) is 0 Å². The first-order valence-electron chi connectivity index (χ1n) is 25.5. The van der Waals surface area contributed by atoms with Gasteiger partial charge in [-0.05, 0) is 103 Å². The maximum absolute atomic E-state index is 12.8. The summed E-state index contributed by atoms with van der Waals surface area (Å²) in [7, 11) is 0. The van der Waals surface area contributed by atoms with Crippen LogP contribution < -0.4 is 0 Å². The first-order chi connectivity index (χ1) is 29.6. The normalized spacial score (nSPS) is 12.8. The second-order valence-corrected chi connectivity index (χ2v) is 16.7. The van der Waals surface area contributed by atoms with E-state index < -0.39 is 6.10 Å². The molecule has 346 valence electrons. The van der Waals surface area contributed by atoms with E-state index in [4.69, 9.17) is 14.2 Å². The summed E-state index contributed by atoms with van der Waals surface area (Å²) in [5.74, 6) is -0.429. The van der Waals surface area contributed by atoms with Crippen molar-refractivity contribution in [2.75, 3.05) is 19.8 Å². The van der Waals surface area contributed by atoms with Crippen molar-refractivity contribution >= 4 is 11.9 Å². The number of rotatable bonds is 46. The van der Waals surface area contributed by atoms with Gasteiger partial charge in [-0.15, -0.1) is 0 Å². The van der Waals surface area contributed by atoms with Crippen LogP contribution in [0.5, 0.6) is 0 Å². The summed E-state index contributed by atoms with van der Waals surface area (Å²) in [6, 6.07) is 0. The van der Waals surface area contributed by atoms with Gasteiger partial charge in [-0.1, -0.05) is 196 Å². The van der Waals surface area contributed by atoms with Crippen molar-refractivity contribution in [2.24, 2.45) is 0 Å². The number of unbranched alkanes of at least 4 members (excludes halogenated alkanes) is 23. The van der Waals surface area contributed by atoms with Crippen LogP contribution in [-0.4, -0.2) is 37.9 Å². The zero-order valence-corrected chi connectivity index (χ0v) is 39.7. The van der Waals surface area contributed by atoms with Crippen molar-refractivity contribution < 1.29 is 23.8 Å². The summed E-state index contributed by atoms with van der Waals surface area (Å²) in [4.78, 5) is 25.4. The number of hydrogen-bond donors (Lipinski definition) is 0. The second kappa shape index (κ2) is 50.7. The molecule has 0 aromatic heterocycles. The lowest BCUT2D eigenvalue weighted by Gasteiger charge is -2.18. The van der Waals surface area contributed by atoms with Gasteiger partial charge in [-0.3, -0.25) is 9.59 Å². The lowest BCUT2D eigenvalue weighted by Crippen LogP contribution is -2.30. The molecule has 0 N–H and O–H groups in total. The molecule has 60 heavy (non-hydrogen) atoms. The zero-order valence-electron chi connectivity index (χ0n) is 39.7. The Kier molecular flexibility index (Phi) is 48.4. The Balaban J connectivity index is 4.32. The van der Waals surface area contributed by atoms with E-state index >= 15 is 0 Å². The lowest BCUT2D eigenvalue weighted by molar-refractivity contribution is -0.163. The largest absolute Gasteiger partial charge is 0.462 e. The van der Waals surface area contributed by atoms with Gasteiger partial charge in [0.2, 0.25) is 0 Å². The van der Waals surface area contributed by atoms with Crippen LogP contribution in [0.2, 0.25) is 0 Å². The molecule has 0 rings (SSSR count). The van der Waals surface area contributed by atoms with Gasteiger partial charge in [0.25, 0.3) is 0 Å². The fourth-order valence-corrected chi connectivity index (χ4v) is 6.91. The van der Waals surface area contributed by atoms with E-state index in [1.54, 1.807) is 0 Å². The maximum Gasteiger partial charge on any atom is 0.306 e. The van der Waals surface area contributed by atoms with Crippen LogP contribution in [0, 0.1) is 0 Å². The summed E-state index contributed by atoms with van der Waals surface area (Å²) in [5, 5.41) is 0. The van der Waals surface area contributed by atoms with Crippen molar-refractivity contribution in [1.29, 1.82) is 0 Å². The van der Waals surface area contributed by atoms with Crippen molar-refractivity contribution in [3.63, 3.8) is 0 Å². The highest BCUT2D eigenvalue weighted by atomic mass is 16.6. The number of carbonyl (C=O) groups is 2. The van der Waals surface area contributed by atoms with E-state index in [2.05, 4.69) is 93.7 Å². The topological polar surface area (TPSA) is 61.8 Å². The van der Waals surface area contributed by atoms with Crippen LogP contribution in [0.15, 0.2) is 72.9 Å². The highest BCUT2D eigenvalue weighted by Gasteiger charge is 2.17. The molecule has 0 radical (unpaired) electrons. The van der Waals surface area contributed by atoms with Crippen molar-refractivity contribution in [1.82, 2.24) is 0 Å². The van der Waals surface area contributed by atoms with Gasteiger partial charge >= 0.3 is 11.9 Å². The predicted molar refractivity (Wildman–Crippen MR) is 260 cm³/mol. The van der Waals surface area contributed by atoms with Crippen molar-refractivity contribution in [3.05, 3.63) is 72.9 Å². The third kappa shape index (κ3) is 48.0. The molecule has 0 heterocycles. The van der Waals surface area contributed by atoms with Crippen LogP contribution in [0.4, 0.5) is 0 Å². The molecular formula is C55H96O5. The fraction of sp³-hybridized carbons (Fsp3) is 0.745. The zero-order chi connectivity index (χ0) is 43.5. The SMILES string of the molecule is CC/C=C\C/C=C\C/C=C\CCCCCCCCOCC(COC(=O)CCCCCCC/C=C\CCCCCCCC)OC(=O)CCCCCCC/C=C\C/C=C\CCC. The molecule has 0 spiro atoms. The molecule has 1 unspecified atom stereocenters. The maximum atomic E-state index is 12.8. The summed E-state index contributed by atoms with van der Waals surface area (Å²) in [5.41, 5.74) is 0. The monoisotopic (exact) mass is 837 g/mol. The molecule has 0 amide bonds. The molecule has 0 aliphatic carbocycles. The number of ether oxygens (including phenoxy) is 3. The molecule has 0 aliphatic heterocycles. The molecular weight excluding hydrogens is 741 g/mol. The average molecular weight is 837 g/mol. The minimum atomic E-state index is -0.555. The Hall–Kier alpha value is -2.66. The molecule has 0 aromatic carbocycles. The van der Waals surface area contributed by atoms with Crippen molar-refractivity contribution in [2.45, 2.75) is 245 Å². The fourth-order valence-electron chi connectivity index (χ4n) is 6.91. The standard InChI is InChI=1S/C55H96O5/c1-4-7-10-13-16-19-22-25-27-29-32-35-38-41-44-47-50-58-51-53(60-55(57)49-46-43-40-37-34-30-24-21-18-15-12-9-6-3)52-59-54(56)48-45-42-39-36-33-31-28-26-23-20-17-14-11-8-5-2/h7,10,12,15-16,19,21,24-28,53H,4-6,8-9,11,13-14,17-18,20,22-23,29-52H2,1-3H3/b10-7-,15-12-,19-16-,24-21-,27-25-,28-26-. The molecule has 0 aliphatic rings. The van der Waals surface area contributed by atoms with Gasteiger partial charge in [-0.25, -0.2) is 0 Å². The smallest absolute Gasteiger partial charge is 0.306 e. The van der Waals surface area contributed by atoms with Gasteiger partial charge in [-0.2, -0.15) is 0 Å². The molecule has 5 nitrogen and oxygen atoms in total. The molecule has 0 saturated carbocycles. The van der Waals surface area contributed by atoms with Crippen LogP contribution in [0.1, 0.15) is 239 Å². The number of esters is 2. The molecule has 0 aromatic rings. The first kappa shape index (κ1) is 57.3. The van der Waals surface area contributed by atoms with E-state index in [0.717, 1.165) is 103 Å². The van der Waals surface area contributed by atoms with Gasteiger partial charge in [0.05, 0.1) is 6.61 Å². The molecule has 0 fully saturated rings. The Labute approximate surface area is 372 Å². The van der Waals surface area contributed by atoms with E-state index in [9.17, 15) is 9.59 Å². The summed E-state index contributed by atoms with van der Waals surface area (Å²) in [6.45, 7) is 7.61. The number of allylic oxidation sites excluding steroid dienone is 12. The van der Waals surface area contributed by atoms with E-state index in [1.165, 1.54) is 103 Å². The summed E-state index contributed by atoms with van der Waals surface area (Å²) in [6.07, 6.45) is 64.8. The number of hydrogen-bond acceptors (Lipinski definition) is 5. The molecule has 0 bridgehead atoms. The highest BCUT2D eigenvalue weighted by Crippen LogP contribution is 2.13. The number of carbonyl (C=O) groups excluding carboxylic acids is 2. The predicted octanol–water partition coefficient (Wildman–Crippen LogP) is 17.1. The Bertz CT molecular complexity index is 1080. The van der Waals surface area contributed by atoms with Crippen LogP contribution in [-0.2, 0) is 23.8 Å². The molecule has 5 heteroatoms. The highest BCUT2D eigenvalue weighted by molar-refractivity contribution is 5.70. The van der Waals surface area contributed by atoms with E-state index in [-0.39, 0.29) is 25.2 Å². The van der Waals surface area contributed by atoms with Gasteiger partial charge in [0.1, 0.15) is 6.61 Å². The minimum absolute atomic E-state index is 0.0681. The molecule has 1 atom stereocenters. The molecule has 0 saturated heterocycles.